The molecule has 1 saturated heterocycles. The quantitative estimate of drug-likeness (QED) is 0.621. The Hall–Kier alpha value is -3.23. The Balaban J connectivity index is 1.46. The number of sulfonamides is 1. The number of carbonyl (C=O) groups is 2. The molecule has 2 aliphatic heterocycles. The van der Waals surface area contributed by atoms with Gasteiger partial charge in [0.25, 0.3) is 5.91 Å². The number of hydrogen-bond donors (Lipinski definition) is 1. The van der Waals surface area contributed by atoms with Crippen LogP contribution in [0.15, 0.2) is 59.5 Å². The molecular weight excluding hydrogens is 438 g/mol. The molecule has 0 spiro atoms. The van der Waals surface area contributed by atoms with E-state index >= 15 is 0 Å². The summed E-state index contributed by atoms with van der Waals surface area (Å²) >= 11 is 0. The fraction of sp³-hybridized carbons (Fsp3) is 0.280. The van der Waals surface area contributed by atoms with Gasteiger partial charge >= 0.3 is 0 Å². The first-order valence-electron chi connectivity index (χ1n) is 11.1. The standard InChI is InChI=1S/C25H25N3O4S/c1-3-27-21-14-13-20(18-6-4-7-19(23(18)21)25(27)30)26-24(29)22-8-5-15-28(22)33(31,32)17-11-9-16(2)10-12-17/h4,6-7,9-14,22H,3,5,8,15H2,1-2H3,(H,26,29)/t22-/m0/s1. The molecule has 0 unspecified atom stereocenters. The van der Waals surface area contributed by atoms with E-state index in [9.17, 15) is 18.0 Å². The fourth-order valence-electron chi connectivity index (χ4n) is 4.82. The highest BCUT2D eigenvalue weighted by molar-refractivity contribution is 7.89. The van der Waals surface area contributed by atoms with Gasteiger partial charge in [0.15, 0.2) is 0 Å². The molecule has 3 aromatic rings. The first-order valence-corrected chi connectivity index (χ1v) is 12.5. The highest BCUT2D eigenvalue weighted by atomic mass is 32.2. The molecule has 8 heteroatoms. The summed E-state index contributed by atoms with van der Waals surface area (Å²) in [6.45, 7) is 4.68. The molecule has 0 aromatic heterocycles. The SMILES string of the molecule is CCN1C(=O)c2cccc3c(NC(=O)[C@@H]4CCCN4S(=O)(=O)c4ccc(C)cc4)ccc1c23. The van der Waals surface area contributed by atoms with Crippen molar-refractivity contribution in [1.29, 1.82) is 0 Å². The van der Waals surface area contributed by atoms with Gasteiger partial charge in [-0.15, -0.1) is 0 Å². The third-order valence-electron chi connectivity index (χ3n) is 6.49. The lowest BCUT2D eigenvalue weighted by atomic mass is 10.0. The maximum Gasteiger partial charge on any atom is 0.258 e. The lowest BCUT2D eigenvalue weighted by Crippen LogP contribution is -2.43. The summed E-state index contributed by atoms with van der Waals surface area (Å²) in [5.41, 5.74) is 2.99. The minimum atomic E-state index is -3.78. The number of amides is 2. The van der Waals surface area contributed by atoms with Crippen molar-refractivity contribution in [3.05, 3.63) is 65.7 Å². The second-order valence-electron chi connectivity index (χ2n) is 8.49. The number of carbonyl (C=O) groups excluding carboxylic acids is 2. The molecular formula is C25H25N3O4S. The summed E-state index contributed by atoms with van der Waals surface area (Å²) in [6, 6.07) is 15.0. The van der Waals surface area contributed by atoms with Crippen LogP contribution in [-0.2, 0) is 14.8 Å². The fourth-order valence-corrected chi connectivity index (χ4v) is 6.48. The molecule has 7 nitrogen and oxygen atoms in total. The number of aryl methyl sites for hydroxylation is 1. The van der Waals surface area contributed by atoms with Crippen LogP contribution in [-0.4, -0.2) is 43.7 Å². The summed E-state index contributed by atoms with van der Waals surface area (Å²) in [7, 11) is -3.78. The summed E-state index contributed by atoms with van der Waals surface area (Å²) in [6.07, 6.45) is 1.08. The van der Waals surface area contributed by atoms with Crippen LogP contribution >= 0.6 is 0 Å². The molecule has 170 valence electrons. The van der Waals surface area contributed by atoms with E-state index in [0.29, 0.717) is 37.2 Å². The Bertz CT molecular complexity index is 1380. The number of nitrogens with zero attached hydrogens (tertiary/aromatic N) is 2. The molecule has 0 radical (unpaired) electrons. The van der Waals surface area contributed by atoms with Crippen molar-refractivity contribution < 1.29 is 18.0 Å². The second kappa shape index (κ2) is 7.97. The summed E-state index contributed by atoms with van der Waals surface area (Å²) < 4.78 is 27.8. The van der Waals surface area contributed by atoms with Crippen LogP contribution in [0.1, 0.15) is 35.7 Å². The van der Waals surface area contributed by atoms with Crippen LogP contribution in [0.3, 0.4) is 0 Å². The predicted molar refractivity (Wildman–Crippen MR) is 128 cm³/mol. The van der Waals surface area contributed by atoms with Crippen molar-refractivity contribution in [2.24, 2.45) is 0 Å². The smallest absolute Gasteiger partial charge is 0.258 e. The van der Waals surface area contributed by atoms with Crippen molar-refractivity contribution >= 4 is 44.0 Å². The first kappa shape index (κ1) is 21.6. The van der Waals surface area contributed by atoms with Crippen molar-refractivity contribution in [3.8, 4) is 0 Å². The third-order valence-corrected chi connectivity index (χ3v) is 8.42. The topological polar surface area (TPSA) is 86.8 Å². The van der Waals surface area contributed by atoms with Gasteiger partial charge in [0.1, 0.15) is 6.04 Å². The van der Waals surface area contributed by atoms with E-state index in [1.54, 1.807) is 47.4 Å². The lowest BCUT2D eigenvalue weighted by Gasteiger charge is -2.24. The predicted octanol–water partition coefficient (Wildman–Crippen LogP) is 3.92. The van der Waals surface area contributed by atoms with Gasteiger partial charge in [0.05, 0.1) is 10.6 Å². The van der Waals surface area contributed by atoms with Gasteiger partial charge in [-0.05, 0) is 57.0 Å². The van der Waals surface area contributed by atoms with Crippen molar-refractivity contribution in [2.45, 2.75) is 37.6 Å². The zero-order chi connectivity index (χ0) is 23.3. The van der Waals surface area contributed by atoms with Crippen molar-refractivity contribution in [3.63, 3.8) is 0 Å². The Morgan fingerprint density at radius 3 is 2.58 bits per heavy atom. The molecule has 5 rings (SSSR count). The summed E-state index contributed by atoms with van der Waals surface area (Å²) in [5.74, 6) is -0.409. The van der Waals surface area contributed by atoms with E-state index in [2.05, 4.69) is 5.32 Å². The van der Waals surface area contributed by atoms with Crippen LogP contribution in [0.5, 0.6) is 0 Å². The Kier molecular flexibility index (Phi) is 5.22. The average molecular weight is 464 g/mol. The normalized spacial score (nSPS) is 18.3. The zero-order valence-corrected chi connectivity index (χ0v) is 19.4. The molecule has 3 aromatic carbocycles. The van der Waals surface area contributed by atoms with E-state index < -0.39 is 16.1 Å². The molecule has 1 atom stereocenters. The molecule has 2 amide bonds. The number of anilines is 2. The van der Waals surface area contributed by atoms with Gasteiger partial charge in [0.2, 0.25) is 15.9 Å². The van der Waals surface area contributed by atoms with Gasteiger partial charge in [0, 0.05) is 35.1 Å². The maximum atomic E-state index is 13.3. The van der Waals surface area contributed by atoms with E-state index in [4.69, 9.17) is 0 Å². The van der Waals surface area contributed by atoms with E-state index in [0.717, 1.165) is 22.0 Å². The molecule has 1 fully saturated rings. The molecule has 2 heterocycles. The van der Waals surface area contributed by atoms with Crippen LogP contribution in [0.2, 0.25) is 0 Å². The van der Waals surface area contributed by atoms with Crippen LogP contribution in [0.4, 0.5) is 11.4 Å². The zero-order valence-electron chi connectivity index (χ0n) is 18.5. The molecule has 0 saturated carbocycles. The third kappa shape index (κ3) is 3.41. The Morgan fingerprint density at radius 2 is 1.85 bits per heavy atom. The van der Waals surface area contributed by atoms with E-state index in [-0.39, 0.29) is 16.7 Å². The summed E-state index contributed by atoms with van der Waals surface area (Å²) in [4.78, 5) is 27.9. The van der Waals surface area contributed by atoms with Crippen LogP contribution in [0.25, 0.3) is 10.8 Å². The minimum absolute atomic E-state index is 0.0484. The first-order chi connectivity index (χ1) is 15.8. The molecule has 2 aliphatic rings. The van der Waals surface area contributed by atoms with Crippen LogP contribution < -0.4 is 10.2 Å². The van der Waals surface area contributed by atoms with Crippen molar-refractivity contribution in [2.75, 3.05) is 23.3 Å². The second-order valence-corrected chi connectivity index (χ2v) is 10.4. The summed E-state index contributed by atoms with van der Waals surface area (Å²) in [5, 5.41) is 4.53. The van der Waals surface area contributed by atoms with E-state index in [1.165, 1.54) is 4.31 Å². The lowest BCUT2D eigenvalue weighted by molar-refractivity contribution is -0.119. The van der Waals surface area contributed by atoms with E-state index in [1.807, 2.05) is 26.0 Å². The van der Waals surface area contributed by atoms with Gasteiger partial charge in [-0.2, -0.15) is 4.31 Å². The number of benzene rings is 3. The number of hydrogen-bond acceptors (Lipinski definition) is 4. The van der Waals surface area contributed by atoms with Gasteiger partial charge < -0.3 is 10.2 Å². The van der Waals surface area contributed by atoms with Gasteiger partial charge in [-0.3, -0.25) is 9.59 Å². The van der Waals surface area contributed by atoms with Crippen LogP contribution in [0, 0.1) is 6.92 Å². The average Bonchev–Trinajstić information content (AvgIpc) is 3.41. The maximum absolute atomic E-state index is 13.3. The molecule has 0 aliphatic carbocycles. The highest BCUT2D eigenvalue weighted by Crippen LogP contribution is 2.40. The van der Waals surface area contributed by atoms with Gasteiger partial charge in [-0.1, -0.05) is 29.8 Å². The highest BCUT2D eigenvalue weighted by Gasteiger charge is 2.39. The van der Waals surface area contributed by atoms with Crippen molar-refractivity contribution in [1.82, 2.24) is 4.31 Å². The molecule has 1 N–H and O–H groups in total. The number of nitrogens with one attached hydrogen (secondary N) is 1. The number of rotatable bonds is 5. The van der Waals surface area contributed by atoms with Gasteiger partial charge in [-0.25, -0.2) is 8.42 Å². The monoisotopic (exact) mass is 463 g/mol. The molecule has 33 heavy (non-hydrogen) atoms. The Morgan fingerprint density at radius 1 is 1.09 bits per heavy atom. The minimum Gasteiger partial charge on any atom is -0.324 e. The largest absolute Gasteiger partial charge is 0.324 e. The molecule has 0 bridgehead atoms. The Labute approximate surface area is 193 Å².